The van der Waals surface area contributed by atoms with Crippen molar-refractivity contribution in [3.63, 3.8) is 0 Å². The van der Waals surface area contributed by atoms with Crippen molar-refractivity contribution in [1.82, 2.24) is 0 Å². The Morgan fingerprint density at radius 3 is 2.50 bits per heavy atom. The lowest BCUT2D eigenvalue weighted by Crippen LogP contribution is -1.98. The molecule has 1 heterocycles. The molecule has 84 valence electrons. The molecule has 1 N–H and O–H groups in total. The highest BCUT2D eigenvalue weighted by Crippen LogP contribution is 2.41. The molecule has 0 saturated heterocycles. The molecule has 5 nitrogen and oxygen atoms in total. The number of phenols is 1. The molecule has 0 aliphatic rings. The highest BCUT2D eigenvalue weighted by Gasteiger charge is 2.16. The first-order valence-corrected chi connectivity index (χ1v) is 4.55. The Kier molecular flexibility index (Phi) is 2.44. The number of aromatic hydroxyl groups is 1. The molecule has 1 aromatic carbocycles. The van der Waals surface area contributed by atoms with E-state index in [2.05, 4.69) is 0 Å². The van der Waals surface area contributed by atoms with E-state index in [1.807, 2.05) is 0 Å². The second-order valence-corrected chi connectivity index (χ2v) is 3.13. The number of ether oxygens (including phenoxy) is 2. The minimum atomic E-state index is -0.487. The van der Waals surface area contributed by atoms with Crippen LogP contribution in [0, 0.1) is 0 Å². The van der Waals surface area contributed by atoms with Crippen LogP contribution in [0.1, 0.15) is 0 Å². The van der Waals surface area contributed by atoms with Crippen LogP contribution in [0.25, 0.3) is 11.0 Å². The first kappa shape index (κ1) is 10.4. The van der Waals surface area contributed by atoms with Crippen molar-refractivity contribution in [2.24, 2.45) is 0 Å². The van der Waals surface area contributed by atoms with Gasteiger partial charge in [0.05, 0.1) is 14.2 Å². The summed E-state index contributed by atoms with van der Waals surface area (Å²) in [6.45, 7) is 0. The molecule has 0 bridgehead atoms. The smallest absolute Gasteiger partial charge is 0.336 e. The van der Waals surface area contributed by atoms with Gasteiger partial charge in [-0.05, 0) is 12.1 Å². The third-order valence-electron chi connectivity index (χ3n) is 2.21. The number of fused-ring (bicyclic) bond motifs is 1. The van der Waals surface area contributed by atoms with Crippen LogP contribution in [0.2, 0.25) is 0 Å². The molecule has 0 spiro atoms. The van der Waals surface area contributed by atoms with Crippen molar-refractivity contribution in [3.8, 4) is 17.2 Å². The molecular weight excluding hydrogens is 212 g/mol. The minimum absolute atomic E-state index is 0.0688. The third kappa shape index (κ3) is 1.46. The monoisotopic (exact) mass is 222 g/mol. The molecule has 0 atom stereocenters. The van der Waals surface area contributed by atoms with Gasteiger partial charge in [0, 0.05) is 11.5 Å². The Morgan fingerprint density at radius 2 is 1.88 bits per heavy atom. The first-order chi connectivity index (χ1) is 7.67. The fourth-order valence-corrected chi connectivity index (χ4v) is 1.53. The molecular formula is C11H10O5. The van der Waals surface area contributed by atoms with Crippen LogP contribution >= 0.6 is 0 Å². The molecule has 2 aromatic rings. The standard InChI is InChI=1S/C11H10O5/c1-14-10-7(12)5-6-3-4-8(13)16-9(6)11(10)15-2/h3-5,12H,1-2H3. The zero-order chi connectivity index (χ0) is 11.7. The quantitative estimate of drug-likeness (QED) is 0.780. The molecule has 2 rings (SSSR count). The molecule has 5 heteroatoms. The molecule has 0 saturated carbocycles. The van der Waals surface area contributed by atoms with E-state index in [9.17, 15) is 9.90 Å². The number of phenolic OH excluding ortho intramolecular Hbond substituents is 1. The van der Waals surface area contributed by atoms with Gasteiger partial charge < -0.3 is 19.0 Å². The zero-order valence-electron chi connectivity index (χ0n) is 8.81. The summed E-state index contributed by atoms with van der Waals surface area (Å²) in [5, 5.41) is 10.2. The lowest BCUT2D eigenvalue weighted by Gasteiger charge is -2.10. The highest BCUT2D eigenvalue weighted by atomic mass is 16.5. The maximum absolute atomic E-state index is 11.1. The first-order valence-electron chi connectivity index (χ1n) is 4.55. The Hall–Kier alpha value is -2.17. The lowest BCUT2D eigenvalue weighted by atomic mass is 10.2. The molecule has 0 aliphatic carbocycles. The molecule has 0 fully saturated rings. The van der Waals surface area contributed by atoms with Crippen molar-refractivity contribution in [1.29, 1.82) is 0 Å². The van der Waals surface area contributed by atoms with Crippen molar-refractivity contribution >= 4 is 11.0 Å². The van der Waals surface area contributed by atoms with Gasteiger partial charge in [-0.2, -0.15) is 0 Å². The fraction of sp³-hybridized carbons (Fsp3) is 0.182. The fourth-order valence-electron chi connectivity index (χ4n) is 1.53. The molecule has 16 heavy (non-hydrogen) atoms. The van der Waals surface area contributed by atoms with Gasteiger partial charge in [-0.25, -0.2) is 4.79 Å². The minimum Gasteiger partial charge on any atom is -0.504 e. The second-order valence-electron chi connectivity index (χ2n) is 3.13. The number of methoxy groups -OCH3 is 2. The highest BCUT2D eigenvalue weighted by molar-refractivity contribution is 5.87. The number of rotatable bonds is 2. The van der Waals surface area contributed by atoms with E-state index >= 15 is 0 Å². The van der Waals surface area contributed by atoms with Crippen LogP contribution < -0.4 is 15.1 Å². The van der Waals surface area contributed by atoms with Crippen LogP contribution in [0.15, 0.2) is 27.4 Å². The summed E-state index contributed by atoms with van der Waals surface area (Å²) < 4.78 is 15.1. The summed E-state index contributed by atoms with van der Waals surface area (Å²) in [5.41, 5.74) is -0.233. The van der Waals surface area contributed by atoms with Gasteiger partial charge >= 0.3 is 5.63 Å². The summed E-state index contributed by atoms with van der Waals surface area (Å²) in [4.78, 5) is 11.1. The van der Waals surface area contributed by atoms with Gasteiger partial charge in [-0.15, -0.1) is 0 Å². The van der Waals surface area contributed by atoms with Gasteiger partial charge in [-0.1, -0.05) is 0 Å². The van der Waals surface area contributed by atoms with Crippen molar-refractivity contribution in [3.05, 3.63) is 28.6 Å². The van der Waals surface area contributed by atoms with Gasteiger partial charge in [0.2, 0.25) is 11.5 Å². The Balaban J connectivity index is 2.91. The predicted molar refractivity (Wildman–Crippen MR) is 57.3 cm³/mol. The molecule has 0 amide bonds. The number of hydrogen-bond donors (Lipinski definition) is 1. The van der Waals surface area contributed by atoms with Crippen LogP contribution in [0.4, 0.5) is 0 Å². The third-order valence-corrected chi connectivity index (χ3v) is 2.21. The van der Waals surface area contributed by atoms with Gasteiger partial charge in [-0.3, -0.25) is 0 Å². The SMILES string of the molecule is COc1c(O)cc2ccc(=O)oc2c1OC. The summed E-state index contributed by atoms with van der Waals surface area (Å²) in [7, 11) is 2.80. The van der Waals surface area contributed by atoms with E-state index in [0.717, 1.165) is 0 Å². The lowest BCUT2D eigenvalue weighted by molar-refractivity contribution is 0.331. The van der Waals surface area contributed by atoms with Crippen LogP contribution in [-0.2, 0) is 0 Å². The van der Waals surface area contributed by atoms with E-state index in [1.54, 1.807) is 6.07 Å². The largest absolute Gasteiger partial charge is 0.504 e. The second kappa shape index (κ2) is 3.77. The van der Waals surface area contributed by atoms with Crippen LogP contribution in [0.3, 0.4) is 0 Å². The maximum Gasteiger partial charge on any atom is 0.336 e. The Labute approximate surface area is 90.8 Å². The normalized spacial score (nSPS) is 10.4. The average molecular weight is 222 g/mol. The zero-order valence-corrected chi connectivity index (χ0v) is 8.81. The van der Waals surface area contributed by atoms with Crippen LogP contribution in [-0.4, -0.2) is 19.3 Å². The Morgan fingerprint density at radius 1 is 1.19 bits per heavy atom. The topological polar surface area (TPSA) is 68.9 Å². The molecule has 0 radical (unpaired) electrons. The van der Waals surface area contributed by atoms with Crippen molar-refractivity contribution in [2.45, 2.75) is 0 Å². The molecule has 0 aliphatic heterocycles. The number of hydrogen-bond acceptors (Lipinski definition) is 5. The van der Waals surface area contributed by atoms with E-state index in [-0.39, 0.29) is 22.8 Å². The summed E-state index contributed by atoms with van der Waals surface area (Å²) in [5.74, 6) is 0.278. The van der Waals surface area contributed by atoms with E-state index < -0.39 is 5.63 Å². The molecule has 0 unspecified atom stereocenters. The van der Waals surface area contributed by atoms with Crippen molar-refractivity contribution < 1.29 is 19.0 Å². The Bertz CT molecular complexity index is 585. The van der Waals surface area contributed by atoms with Gasteiger partial charge in [0.1, 0.15) is 0 Å². The maximum atomic E-state index is 11.1. The predicted octanol–water partition coefficient (Wildman–Crippen LogP) is 1.52. The summed E-state index contributed by atoms with van der Waals surface area (Å²) in [6, 6.07) is 4.26. The van der Waals surface area contributed by atoms with E-state index in [0.29, 0.717) is 5.39 Å². The van der Waals surface area contributed by atoms with Crippen LogP contribution in [0.5, 0.6) is 17.2 Å². The van der Waals surface area contributed by atoms with Gasteiger partial charge in [0.15, 0.2) is 11.3 Å². The number of benzene rings is 1. The van der Waals surface area contributed by atoms with Gasteiger partial charge in [0.25, 0.3) is 0 Å². The average Bonchev–Trinajstić information content (AvgIpc) is 2.28. The molecule has 1 aromatic heterocycles. The summed E-state index contributed by atoms with van der Waals surface area (Å²) >= 11 is 0. The van der Waals surface area contributed by atoms with Crippen molar-refractivity contribution in [2.75, 3.05) is 14.2 Å². The van der Waals surface area contributed by atoms with E-state index in [4.69, 9.17) is 13.9 Å². The van der Waals surface area contributed by atoms with E-state index in [1.165, 1.54) is 26.4 Å². The summed E-state index contributed by atoms with van der Waals surface area (Å²) in [6.07, 6.45) is 0.